The monoisotopic (exact) mass is 343 g/mol. The average Bonchev–Trinajstić information content (AvgIpc) is 2.35. The second-order valence-electron chi connectivity index (χ2n) is 3.30. The lowest BCUT2D eigenvalue weighted by Crippen LogP contribution is -2.11. The number of nitrogens with one attached hydrogen (secondary N) is 1. The van der Waals surface area contributed by atoms with Gasteiger partial charge in [0.1, 0.15) is 9.32 Å². The molecule has 0 amide bonds. The fourth-order valence-corrected chi connectivity index (χ4v) is 1.69. The summed E-state index contributed by atoms with van der Waals surface area (Å²) >= 11 is 1.89. The van der Waals surface area contributed by atoms with Gasteiger partial charge in [0.05, 0.1) is 6.33 Å². The van der Waals surface area contributed by atoms with Crippen LogP contribution in [0, 0.1) is 3.57 Å². The van der Waals surface area contributed by atoms with E-state index in [2.05, 4.69) is 9.97 Å². The third-order valence-corrected chi connectivity index (χ3v) is 3.06. The fourth-order valence-electron chi connectivity index (χ4n) is 1.29. The summed E-state index contributed by atoms with van der Waals surface area (Å²) in [5.74, 6) is 0.910. The van der Waals surface area contributed by atoms with Crippen LogP contribution < -0.4 is 16.0 Å². The van der Waals surface area contributed by atoms with Crippen LogP contribution in [0.5, 0.6) is 11.6 Å². The van der Waals surface area contributed by atoms with Crippen LogP contribution in [0.25, 0.3) is 0 Å². The number of rotatable bonds is 3. The Hall–Kier alpha value is -1.41. The molecule has 0 aliphatic carbocycles. The number of ether oxygens (including phenoxy) is 1. The molecule has 0 aliphatic rings. The summed E-state index contributed by atoms with van der Waals surface area (Å²) in [6, 6.07) is 7.36. The van der Waals surface area contributed by atoms with E-state index in [0.29, 0.717) is 21.7 Å². The van der Waals surface area contributed by atoms with Crippen molar-refractivity contribution in [1.82, 2.24) is 9.97 Å². The second-order valence-corrected chi connectivity index (χ2v) is 4.38. The van der Waals surface area contributed by atoms with E-state index >= 15 is 0 Å². The number of nitrogens with zero attached hydrogens (tertiary/aromatic N) is 1. The smallest absolute Gasteiger partial charge is 0.268 e. The summed E-state index contributed by atoms with van der Waals surface area (Å²) in [6.07, 6.45) is 1.31. The van der Waals surface area contributed by atoms with E-state index in [0.717, 1.165) is 5.56 Å². The first-order chi connectivity index (χ1) is 8.20. The molecule has 0 spiro atoms. The van der Waals surface area contributed by atoms with Gasteiger partial charge in [-0.25, -0.2) is 4.98 Å². The maximum Gasteiger partial charge on any atom is 0.268 e. The molecule has 3 N–H and O–H groups in total. The Labute approximate surface area is 111 Å². The van der Waals surface area contributed by atoms with Gasteiger partial charge in [0.15, 0.2) is 0 Å². The van der Waals surface area contributed by atoms with Crippen LogP contribution in [0.15, 0.2) is 35.4 Å². The number of halogens is 1. The number of nitrogens with two attached hydrogens (primary N) is 1. The summed E-state index contributed by atoms with van der Waals surface area (Å²) in [4.78, 5) is 17.8. The van der Waals surface area contributed by atoms with Crippen LogP contribution in [0.1, 0.15) is 5.56 Å². The molecule has 0 unspecified atom stereocenters. The van der Waals surface area contributed by atoms with E-state index in [-0.39, 0.29) is 5.56 Å². The number of H-pyrrole nitrogens is 1. The molecule has 0 atom stereocenters. The standard InChI is InChI=1S/C11H10IN3O2/c12-9-10(16)14-6-15-11(9)17-8-3-1-2-7(4-8)5-13/h1-4,6H,5,13H2,(H,14,15,16). The minimum atomic E-state index is -0.217. The van der Waals surface area contributed by atoms with Crippen LogP contribution >= 0.6 is 22.6 Å². The van der Waals surface area contributed by atoms with Crippen molar-refractivity contribution in [3.05, 3.63) is 50.1 Å². The van der Waals surface area contributed by atoms with Crippen molar-refractivity contribution >= 4 is 22.6 Å². The van der Waals surface area contributed by atoms with E-state index in [4.69, 9.17) is 10.5 Å². The Morgan fingerprint density at radius 3 is 3.06 bits per heavy atom. The summed E-state index contributed by atoms with van der Waals surface area (Å²) in [5, 5.41) is 0. The van der Waals surface area contributed by atoms with Gasteiger partial charge in [-0.1, -0.05) is 12.1 Å². The zero-order valence-electron chi connectivity index (χ0n) is 8.81. The van der Waals surface area contributed by atoms with Crippen LogP contribution in [0.2, 0.25) is 0 Å². The zero-order chi connectivity index (χ0) is 12.3. The summed E-state index contributed by atoms with van der Waals surface area (Å²) < 4.78 is 5.96. The van der Waals surface area contributed by atoms with Gasteiger partial charge in [-0.15, -0.1) is 0 Å². The molecule has 0 aliphatic heterocycles. The van der Waals surface area contributed by atoms with Crippen molar-refractivity contribution in [1.29, 1.82) is 0 Å². The highest BCUT2D eigenvalue weighted by molar-refractivity contribution is 14.1. The van der Waals surface area contributed by atoms with Crippen LogP contribution in [0.4, 0.5) is 0 Å². The predicted octanol–water partition coefficient (Wildman–Crippen LogP) is 1.63. The molecule has 1 aromatic heterocycles. The minimum Gasteiger partial charge on any atom is -0.438 e. The molecule has 1 aromatic carbocycles. The topological polar surface area (TPSA) is 81.0 Å². The van der Waals surface area contributed by atoms with E-state index < -0.39 is 0 Å². The molecule has 2 aromatic rings. The van der Waals surface area contributed by atoms with E-state index in [1.807, 2.05) is 40.8 Å². The van der Waals surface area contributed by atoms with Crippen molar-refractivity contribution in [3.8, 4) is 11.6 Å². The highest BCUT2D eigenvalue weighted by Crippen LogP contribution is 2.22. The van der Waals surface area contributed by atoms with Crippen LogP contribution in [-0.4, -0.2) is 9.97 Å². The number of aromatic amines is 1. The Balaban J connectivity index is 2.31. The lowest BCUT2D eigenvalue weighted by atomic mass is 10.2. The molecule has 88 valence electrons. The first-order valence-corrected chi connectivity index (χ1v) is 5.98. The van der Waals surface area contributed by atoms with Crippen molar-refractivity contribution in [2.24, 2.45) is 5.73 Å². The van der Waals surface area contributed by atoms with Crippen LogP contribution in [0.3, 0.4) is 0 Å². The first-order valence-electron chi connectivity index (χ1n) is 4.91. The van der Waals surface area contributed by atoms with Gasteiger partial charge >= 0.3 is 0 Å². The van der Waals surface area contributed by atoms with Gasteiger partial charge in [-0.3, -0.25) is 4.79 Å². The van der Waals surface area contributed by atoms with Crippen molar-refractivity contribution < 1.29 is 4.74 Å². The van der Waals surface area contributed by atoms with Crippen molar-refractivity contribution in [2.45, 2.75) is 6.54 Å². The maximum atomic E-state index is 11.4. The molecule has 17 heavy (non-hydrogen) atoms. The molecule has 5 nitrogen and oxygen atoms in total. The highest BCUT2D eigenvalue weighted by Gasteiger charge is 2.07. The number of aromatic nitrogens is 2. The first kappa shape index (κ1) is 12.1. The molecule has 6 heteroatoms. The number of hydrogen-bond acceptors (Lipinski definition) is 4. The predicted molar refractivity (Wildman–Crippen MR) is 72.0 cm³/mol. The molecular weight excluding hydrogens is 333 g/mol. The van der Waals surface area contributed by atoms with Crippen molar-refractivity contribution in [3.63, 3.8) is 0 Å². The molecule has 0 radical (unpaired) electrons. The van der Waals surface area contributed by atoms with Gasteiger partial charge in [-0.05, 0) is 40.3 Å². The lowest BCUT2D eigenvalue weighted by molar-refractivity contribution is 0.456. The summed E-state index contributed by atoms with van der Waals surface area (Å²) in [6.45, 7) is 0.442. The minimum absolute atomic E-state index is 0.217. The normalized spacial score (nSPS) is 10.2. The molecule has 2 rings (SSSR count). The second kappa shape index (κ2) is 5.28. The Bertz CT molecular complexity index is 583. The Morgan fingerprint density at radius 2 is 2.29 bits per heavy atom. The molecule has 0 bridgehead atoms. The Morgan fingerprint density at radius 1 is 1.47 bits per heavy atom. The SMILES string of the molecule is NCc1cccc(Oc2nc[nH]c(=O)c2I)c1. The fraction of sp³-hybridized carbons (Fsp3) is 0.0909. The van der Waals surface area contributed by atoms with Gasteiger partial charge in [0.2, 0.25) is 5.88 Å². The lowest BCUT2D eigenvalue weighted by Gasteiger charge is -2.06. The van der Waals surface area contributed by atoms with Crippen LogP contribution in [-0.2, 0) is 6.54 Å². The van der Waals surface area contributed by atoms with Gasteiger partial charge in [-0.2, -0.15) is 0 Å². The van der Waals surface area contributed by atoms with E-state index in [9.17, 15) is 4.79 Å². The molecular formula is C11H10IN3O2. The van der Waals surface area contributed by atoms with E-state index in [1.165, 1.54) is 6.33 Å². The van der Waals surface area contributed by atoms with Gasteiger partial charge in [0, 0.05) is 6.54 Å². The third kappa shape index (κ3) is 2.83. The largest absolute Gasteiger partial charge is 0.438 e. The number of hydrogen-bond donors (Lipinski definition) is 2. The zero-order valence-corrected chi connectivity index (χ0v) is 11.0. The number of benzene rings is 1. The third-order valence-electron chi connectivity index (χ3n) is 2.11. The summed E-state index contributed by atoms with van der Waals surface area (Å²) in [7, 11) is 0. The quantitative estimate of drug-likeness (QED) is 0.830. The van der Waals surface area contributed by atoms with Gasteiger partial charge in [0.25, 0.3) is 5.56 Å². The highest BCUT2D eigenvalue weighted by atomic mass is 127. The summed E-state index contributed by atoms with van der Waals surface area (Å²) in [5.41, 5.74) is 6.28. The van der Waals surface area contributed by atoms with Crippen molar-refractivity contribution in [2.75, 3.05) is 0 Å². The molecule has 0 fully saturated rings. The molecule has 0 saturated carbocycles. The van der Waals surface area contributed by atoms with Gasteiger partial charge < -0.3 is 15.5 Å². The average molecular weight is 343 g/mol. The Kier molecular flexibility index (Phi) is 3.75. The van der Waals surface area contributed by atoms with E-state index in [1.54, 1.807) is 6.07 Å². The molecule has 0 saturated heterocycles. The molecule has 1 heterocycles. The maximum absolute atomic E-state index is 11.4.